The third-order valence-corrected chi connectivity index (χ3v) is 15.1. The smallest absolute Gasteiger partial charge is 0.330 e. The molecule has 100 heavy (non-hydrogen) atoms. The molecule has 2 aliphatic heterocycles. The monoisotopic (exact) mass is 1430 g/mol. The predicted molar refractivity (Wildman–Crippen MR) is 409 cm³/mol. The first-order valence-electron chi connectivity index (χ1n) is 37.9. The lowest BCUT2D eigenvalue weighted by atomic mass is 9.84. The number of unbranched alkanes of at least 4 members (excludes halogenated alkanes) is 24. The molecule has 590 valence electrons. The van der Waals surface area contributed by atoms with E-state index in [1.54, 1.807) is 35.5 Å². The molecule has 0 unspecified atom stereocenters. The maximum Gasteiger partial charge on any atom is 0.330 e. The maximum atomic E-state index is 11.4. The summed E-state index contributed by atoms with van der Waals surface area (Å²) in [6.07, 6.45) is 46.9. The van der Waals surface area contributed by atoms with Crippen molar-refractivity contribution in [3.8, 4) is 0 Å². The summed E-state index contributed by atoms with van der Waals surface area (Å²) in [6, 6.07) is 0. The first kappa shape index (κ1) is 106. The number of carbonyl (C=O) groups is 5. The standard InChI is InChI=1S/C13H24O3.C12H24O3.C12H22O3.C12H22O2.C10H18O3.C9H18O.C8H14O3.C5H10O/c1-3-5-6-7-8-12(14)16-11-13(4-2)9-15-10-13;1-3-13-7-5-4-6-8-14-9-12(2)10-15-11-12;1-3-12(13)15-11-9-7-5-4-6-8-10-14-2;1-3-5-6-7-8-9-10-11-14-12(13)4-2;1-3-10(11)13-9-7-5-4-6-8-12-2;1-3-4-5-6-7-8-9-10-2;1-3-8(9)11-7-5-4-6-10-2;1-3-4-5-6-2/h3-11H2,1-2H3;3-11H2,1-2H3;3H,1,4-11H2,2H3;4H,2-3,5-11H2,1H3;3H,1,4-9H2,2H3;3H,1,4-9H2,2H3;3H,1,4-7H2,2H3;3H,1,4-5H2,2H3. The second-order valence-corrected chi connectivity index (χ2v) is 24.8. The summed E-state index contributed by atoms with van der Waals surface area (Å²) in [5.41, 5.74) is 0.421. The molecule has 19 heteroatoms. The molecule has 0 aromatic rings. The zero-order valence-corrected chi connectivity index (χ0v) is 65.7. The van der Waals surface area contributed by atoms with E-state index in [1.807, 2.05) is 19.1 Å². The zero-order valence-electron chi connectivity index (χ0n) is 65.7. The van der Waals surface area contributed by atoms with Gasteiger partial charge in [0.1, 0.15) is 6.61 Å². The van der Waals surface area contributed by atoms with E-state index in [1.165, 1.54) is 115 Å². The highest BCUT2D eigenvalue weighted by molar-refractivity contribution is 5.82. The molecule has 0 radical (unpaired) electrons. The topological polar surface area (TPSA) is 215 Å². The van der Waals surface area contributed by atoms with Crippen molar-refractivity contribution in [2.75, 3.05) is 154 Å². The number of rotatable bonds is 60. The molecule has 0 atom stereocenters. The van der Waals surface area contributed by atoms with Gasteiger partial charge in [-0.05, 0) is 116 Å². The van der Waals surface area contributed by atoms with E-state index in [-0.39, 0.29) is 35.3 Å². The molecular formula is C81H152O19. The first-order valence-corrected chi connectivity index (χ1v) is 37.9. The van der Waals surface area contributed by atoms with Gasteiger partial charge >= 0.3 is 29.8 Å². The fourth-order valence-corrected chi connectivity index (χ4v) is 8.55. The number of hydrogen-bond donors (Lipinski definition) is 0. The van der Waals surface area contributed by atoms with Crippen molar-refractivity contribution in [2.45, 2.75) is 253 Å². The molecule has 2 saturated heterocycles. The van der Waals surface area contributed by atoms with Crippen LogP contribution in [0.4, 0.5) is 0 Å². The van der Waals surface area contributed by atoms with E-state index in [4.69, 9.17) is 66.3 Å². The van der Waals surface area contributed by atoms with Crippen LogP contribution in [-0.4, -0.2) is 184 Å². The fourth-order valence-electron chi connectivity index (χ4n) is 8.55. The van der Waals surface area contributed by atoms with Crippen molar-refractivity contribution in [1.82, 2.24) is 0 Å². The minimum atomic E-state index is -0.359. The molecule has 2 heterocycles. The number of ether oxygens (including phenoxy) is 14. The summed E-state index contributed by atoms with van der Waals surface area (Å²) in [5, 5.41) is 0. The van der Waals surface area contributed by atoms with Crippen LogP contribution in [0.1, 0.15) is 253 Å². The molecule has 2 fully saturated rings. The van der Waals surface area contributed by atoms with E-state index in [2.05, 4.69) is 67.2 Å². The Morgan fingerprint density at radius 2 is 0.650 bits per heavy atom. The van der Waals surface area contributed by atoms with E-state index in [0.717, 1.165) is 201 Å². The van der Waals surface area contributed by atoms with Crippen LogP contribution in [0.15, 0.2) is 75.9 Å². The number of allylic oxidation sites excluding steroid dienone is 1. The highest BCUT2D eigenvalue weighted by atomic mass is 16.6. The zero-order chi connectivity index (χ0) is 75.8. The average Bonchev–Trinajstić information content (AvgIpc) is 0.971. The molecule has 0 spiro atoms. The Bertz CT molecular complexity index is 1780. The molecule has 19 nitrogen and oxygen atoms in total. The van der Waals surface area contributed by atoms with Crippen LogP contribution >= 0.6 is 0 Å². The van der Waals surface area contributed by atoms with Crippen molar-refractivity contribution >= 4 is 29.8 Å². The van der Waals surface area contributed by atoms with E-state index in [9.17, 15) is 24.0 Å². The summed E-state index contributed by atoms with van der Waals surface area (Å²) in [4.78, 5) is 53.8. The molecular weight excluding hydrogens is 1280 g/mol. The van der Waals surface area contributed by atoms with Gasteiger partial charge < -0.3 is 66.3 Å². The maximum absolute atomic E-state index is 11.4. The van der Waals surface area contributed by atoms with Crippen LogP contribution in [0.2, 0.25) is 0 Å². The van der Waals surface area contributed by atoms with Gasteiger partial charge in [0.25, 0.3) is 0 Å². The molecule has 2 rings (SSSR count). The fraction of sp³-hybridized carbons (Fsp3) is 0.790. The Hall–Kier alpha value is -4.57. The minimum Gasteiger partial charge on any atom is -0.465 e. The summed E-state index contributed by atoms with van der Waals surface area (Å²) >= 11 is 0. The molecule has 0 aromatic heterocycles. The molecule has 0 saturated carbocycles. The number of carbonyl (C=O) groups excluding carboxylic acids is 5. The second-order valence-electron chi connectivity index (χ2n) is 24.8. The molecule has 0 amide bonds. The molecule has 0 N–H and O–H groups in total. The van der Waals surface area contributed by atoms with Crippen LogP contribution in [0, 0.1) is 10.8 Å². The van der Waals surface area contributed by atoms with Gasteiger partial charge in [0.05, 0.1) is 64.9 Å². The Balaban J connectivity index is -0.000000255. The SMILES string of the molecule is C=CC(=O)OCCCCCCCCC.C=CC(=O)OCCCCCCCCOC.C=CC(=O)OCCCCCCOC.C=CC(=O)OCCCCOC.C=CCCCCCCOC.C=CCCOC.CCCCCCC(=O)OCC1(CC)COC1.CCOCCCCCOCC1(C)COC1. The van der Waals surface area contributed by atoms with E-state index >= 15 is 0 Å². The normalized spacial score (nSPS) is 12.3. The first-order chi connectivity index (χ1) is 48.6. The highest BCUT2D eigenvalue weighted by Gasteiger charge is 2.38. The molecule has 0 bridgehead atoms. The van der Waals surface area contributed by atoms with Gasteiger partial charge in [-0.2, -0.15) is 0 Å². The Labute approximate surface area is 611 Å². The number of hydrogen-bond acceptors (Lipinski definition) is 19. The second kappa shape index (κ2) is 92.4. The largest absolute Gasteiger partial charge is 0.465 e. The van der Waals surface area contributed by atoms with E-state index in [0.29, 0.717) is 51.5 Å². The Morgan fingerprint density at radius 1 is 0.340 bits per heavy atom. The lowest BCUT2D eigenvalue weighted by molar-refractivity contribution is -0.170. The quantitative estimate of drug-likeness (QED) is 0.0182. The van der Waals surface area contributed by atoms with Gasteiger partial charge in [-0.3, -0.25) is 4.79 Å². The van der Waals surface area contributed by atoms with Crippen LogP contribution in [-0.2, 0) is 90.3 Å². The van der Waals surface area contributed by atoms with Gasteiger partial charge in [-0.15, -0.1) is 13.2 Å². The Kier molecular flexibility index (Phi) is 98.4. The summed E-state index contributed by atoms with van der Waals surface area (Å²) < 4.78 is 70.1. The van der Waals surface area contributed by atoms with Gasteiger partial charge in [-0.25, -0.2) is 19.2 Å². The van der Waals surface area contributed by atoms with Crippen molar-refractivity contribution < 1.29 is 90.3 Å². The summed E-state index contributed by atoms with van der Waals surface area (Å²) in [7, 11) is 8.52. The van der Waals surface area contributed by atoms with Gasteiger partial charge in [0.2, 0.25) is 0 Å². The van der Waals surface area contributed by atoms with Crippen molar-refractivity contribution in [3.63, 3.8) is 0 Å². The van der Waals surface area contributed by atoms with Gasteiger partial charge in [0.15, 0.2) is 0 Å². The van der Waals surface area contributed by atoms with Crippen LogP contribution in [0.3, 0.4) is 0 Å². The molecule has 0 aliphatic carbocycles. The average molecular weight is 1430 g/mol. The molecule has 0 aromatic carbocycles. The van der Waals surface area contributed by atoms with Crippen molar-refractivity contribution in [2.24, 2.45) is 10.8 Å². The molecule has 2 aliphatic rings. The van der Waals surface area contributed by atoms with E-state index < -0.39 is 0 Å². The number of esters is 5. The predicted octanol–water partition coefficient (Wildman–Crippen LogP) is 18.4. The third kappa shape index (κ3) is 93.4. The van der Waals surface area contributed by atoms with Gasteiger partial charge in [0, 0.05) is 125 Å². The lowest BCUT2D eigenvalue weighted by Crippen LogP contribution is -2.46. The summed E-state index contributed by atoms with van der Waals surface area (Å²) in [6.45, 7) is 44.5. The van der Waals surface area contributed by atoms with Crippen LogP contribution in [0.5, 0.6) is 0 Å². The minimum absolute atomic E-state index is 0.0455. The number of methoxy groups -OCH3 is 5. The highest BCUT2D eigenvalue weighted by Crippen LogP contribution is 2.31. The summed E-state index contributed by atoms with van der Waals surface area (Å²) in [5.74, 6) is -1.37. The Morgan fingerprint density at radius 3 is 0.960 bits per heavy atom. The van der Waals surface area contributed by atoms with Crippen molar-refractivity contribution in [3.05, 3.63) is 75.9 Å². The van der Waals surface area contributed by atoms with Crippen LogP contribution < -0.4 is 0 Å². The lowest BCUT2D eigenvalue weighted by Gasteiger charge is -2.39. The van der Waals surface area contributed by atoms with Crippen LogP contribution in [0.25, 0.3) is 0 Å². The third-order valence-electron chi connectivity index (χ3n) is 15.1. The van der Waals surface area contributed by atoms with Gasteiger partial charge in [-0.1, -0.05) is 169 Å². The van der Waals surface area contributed by atoms with Crippen molar-refractivity contribution in [1.29, 1.82) is 0 Å².